The van der Waals surface area contributed by atoms with E-state index in [1.807, 2.05) is 48.7 Å². The van der Waals surface area contributed by atoms with Gasteiger partial charge in [0.05, 0.1) is 18.7 Å². The number of carbonyl (C=O) groups is 1. The molecule has 1 N–H and O–H groups in total. The summed E-state index contributed by atoms with van der Waals surface area (Å²) in [6, 6.07) is 13.9. The molecule has 168 valence electrons. The maximum absolute atomic E-state index is 13.4. The van der Waals surface area contributed by atoms with Crippen LogP contribution in [0.5, 0.6) is 11.5 Å². The quantitative estimate of drug-likeness (QED) is 0.486. The summed E-state index contributed by atoms with van der Waals surface area (Å²) in [4.78, 5) is 21.1. The van der Waals surface area contributed by atoms with Gasteiger partial charge < -0.3 is 19.5 Å². The van der Waals surface area contributed by atoms with Crippen molar-refractivity contribution in [2.75, 3.05) is 46.2 Å². The molecule has 2 aliphatic rings. The Hall–Kier alpha value is -3.20. The zero-order valence-corrected chi connectivity index (χ0v) is 18.8. The van der Waals surface area contributed by atoms with Gasteiger partial charge in [0.1, 0.15) is 4.88 Å². The molecule has 0 radical (unpaired) electrons. The van der Waals surface area contributed by atoms with Gasteiger partial charge in [-0.05, 0) is 11.6 Å². The zero-order chi connectivity index (χ0) is 22.2. The fourth-order valence-electron chi connectivity index (χ4n) is 4.41. The number of fused-ring (bicyclic) bond motifs is 4. The van der Waals surface area contributed by atoms with E-state index in [2.05, 4.69) is 15.2 Å². The molecule has 33 heavy (non-hydrogen) atoms. The van der Waals surface area contributed by atoms with Crippen LogP contribution < -0.4 is 14.8 Å². The van der Waals surface area contributed by atoms with E-state index in [1.54, 1.807) is 0 Å². The van der Waals surface area contributed by atoms with Gasteiger partial charge in [0.2, 0.25) is 6.79 Å². The smallest absolute Gasteiger partial charge is 0.262 e. The molecule has 1 amide bonds. The van der Waals surface area contributed by atoms with Gasteiger partial charge in [-0.3, -0.25) is 14.7 Å². The van der Waals surface area contributed by atoms with Crippen molar-refractivity contribution in [3.05, 3.63) is 53.5 Å². The minimum Gasteiger partial charge on any atom is -0.454 e. The lowest BCUT2D eigenvalue weighted by molar-refractivity contribution is 0.0383. The van der Waals surface area contributed by atoms with Gasteiger partial charge in [-0.1, -0.05) is 30.3 Å². The Balaban J connectivity index is 1.40. The van der Waals surface area contributed by atoms with E-state index in [4.69, 9.17) is 14.2 Å². The SMILES string of the molecule is O=C(NCCN1CCOCC1)c1sc2c(cnc3cc4c(cc32)OCO4)c1-c1ccccc1. The summed E-state index contributed by atoms with van der Waals surface area (Å²) in [6.07, 6.45) is 1.86. The number of pyridine rings is 1. The van der Waals surface area contributed by atoms with E-state index in [0.29, 0.717) is 22.9 Å². The summed E-state index contributed by atoms with van der Waals surface area (Å²) in [5, 5.41) is 5.06. The van der Waals surface area contributed by atoms with Crippen LogP contribution in [0.25, 0.3) is 32.1 Å². The number of nitrogens with one attached hydrogen (secondary N) is 1. The van der Waals surface area contributed by atoms with Crippen molar-refractivity contribution in [2.45, 2.75) is 0 Å². The first-order chi connectivity index (χ1) is 16.3. The Morgan fingerprint density at radius 2 is 1.85 bits per heavy atom. The highest BCUT2D eigenvalue weighted by molar-refractivity contribution is 7.22. The first-order valence-corrected chi connectivity index (χ1v) is 11.9. The Labute approximate surface area is 194 Å². The summed E-state index contributed by atoms with van der Waals surface area (Å²) >= 11 is 1.51. The van der Waals surface area contributed by atoms with Crippen LogP contribution >= 0.6 is 11.3 Å². The fourth-order valence-corrected chi connectivity index (χ4v) is 5.64. The maximum atomic E-state index is 13.4. The van der Waals surface area contributed by atoms with Crippen molar-refractivity contribution in [2.24, 2.45) is 0 Å². The predicted molar refractivity (Wildman–Crippen MR) is 128 cm³/mol. The molecule has 6 rings (SSSR count). The number of ether oxygens (including phenoxy) is 3. The summed E-state index contributed by atoms with van der Waals surface area (Å²) in [5.74, 6) is 1.36. The molecular weight excluding hydrogens is 438 g/mol. The Bertz CT molecular complexity index is 1330. The van der Waals surface area contributed by atoms with Crippen molar-refractivity contribution >= 4 is 38.2 Å². The number of aromatic nitrogens is 1. The van der Waals surface area contributed by atoms with Gasteiger partial charge in [-0.2, -0.15) is 0 Å². The summed E-state index contributed by atoms with van der Waals surface area (Å²) in [5.41, 5.74) is 2.75. The van der Waals surface area contributed by atoms with Crippen molar-refractivity contribution in [1.29, 1.82) is 0 Å². The molecule has 4 aromatic rings. The molecule has 1 fully saturated rings. The van der Waals surface area contributed by atoms with E-state index in [-0.39, 0.29) is 12.7 Å². The maximum Gasteiger partial charge on any atom is 0.262 e. The molecule has 0 unspecified atom stereocenters. The molecule has 7 nitrogen and oxygen atoms in total. The molecule has 8 heteroatoms. The van der Waals surface area contributed by atoms with Gasteiger partial charge >= 0.3 is 0 Å². The second kappa shape index (κ2) is 8.62. The van der Waals surface area contributed by atoms with Crippen LogP contribution in [0, 0.1) is 0 Å². The third-order valence-corrected chi connectivity index (χ3v) is 7.34. The van der Waals surface area contributed by atoms with E-state index in [9.17, 15) is 4.79 Å². The molecule has 4 heterocycles. The second-order valence-corrected chi connectivity index (χ2v) is 9.13. The molecular formula is C25H23N3O4S. The number of morpholine rings is 1. The van der Waals surface area contributed by atoms with Crippen LogP contribution in [0.2, 0.25) is 0 Å². The number of carbonyl (C=O) groups excluding carboxylic acids is 1. The van der Waals surface area contributed by atoms with Crippen molar-refractivity contribution in [1.82, 2.24) is 15.2 Å². The van der Waals surface area contributed by atoms with E-state index in [1.165, 1.54) is 11.3 Å². The second-order valence-electron chi connectivity index (χ2n) is 8.11. The average Bonchev–Trinajstić information content (AvgIpc) is 3.48. The number of hydrogen-bond acceptors (Lipinski definition) is 7. The van der Waals surface area contributed by atoms with Gasteiger partial charge in [-0.25, -0.2) is 0 Å². The number of thiophene rings is 1. The van der Waals surface area contributed by atoms with E-state index in [0.717, 1.165) is 65.0 Å². The number of hydrogen-bond donors (Lipinski definition) is 1. The van der Waals surface area contributed by atoms with Gasteiger partial charge in [0, 0.05) is 59.5 Å². The van der Waals surface area contributed by atoms with Crippen LogP contribution in [0.4, 0.5) is 0 Å². The summed E-state index contributed by atoms with van der Waals surface area (Å²) < 4.78 is 17.5. The molecule has 2 aromatic carbocycles. The van der Waals surface area contributed by atoms with Gasteiger partial charge in [0.25, 0.3) is 5.91 Å². The van der Waals surface area contributed by atoms with Gasteiger partial charge in [0.15, 0.2) is 11.5 Å². The summed E-state index contributed by atoms with van der Waals surface area (Å²) in [7, 11) is 0. The van der Waals surface area contributed by atoms with Crippen LogP contribution in [0.15, 0.2) is 48.7 Å². The molecule has 0 spiro atoms. The van der Waals surface area contributed by atoms with Crippen LogP contribution in [-0.4, -0.2) is 62.0 Å². The first-order valence-electron chi connectivity index (χ1n) is 11.1. The molecule has 2 aromatic heterocycles. The summed E-state index contributed by atoms with van der Waals surface area (Å²) in [6.45, 7) is 4.93. The highest BCUT2D eigenvalue weighted by Crippen LogP contribution is 2.44. The zero-order valence-electron chi connectivity index (χ0n) is 18.0. The number of benzene rings is 2. The van der Waals surface area contributed by atoms with Gasteiger partial charge in [-0.15, -0.1) is 11.3 Å². The topological polar surface area (TPSA) is 72.9 Å². The Kier molecular flexibility index (Phi) is 5.33. The highest BCUT2D eigenvalue weighted by atomic mass is 32.1. The molecule has 0 aliphatic carbocycles. The minimum atomic E-state index is -0.0581. The number of nitrogens with zero attached hydrogens (tertiary/aromatic N) is 2. The Morgan fingerprint density at radius 3 is 2.67 bits per heavy atom. The van der Waals surface area contributed by atoms with Crippen LogP contribution in [0.3, 0.4) is 0 Å². The van der Waals surface area contributed by atoms with Crippen molar-refractivity contribution in [3.63, 3.8) is 0 Å². The normalized spacial score (nSPS) is 15.9. The van der Waals surface area contributed by atoms with Crippen LogP contribution in [-0.2, 0) is 4.74 Å². The fraction of sp³-hybridized carbons (Fsp3) is 0.280. The molecule has 2 aliphatic heterocycles. The van der Waals surface area contributed by atoms with Crippen LogP contribution in [0.1, 0.15) is 9.67 Å². The molecule has 0 bridgehead atoms. The molecule has 0 atom stereocenters. The van der Waals surface area contributed by atoms with E-state index < -0.39 is 0 Å². The monoisotopic (exact) mass is 461 g/mol. The largest absolute Gasteiger partial charge is 0.454 e. The third kappa shape index (κ3) is 3.80. The highest BCUT2D eigenvalue weighted by Gasteiger charge is 2.23. The molecule has 1 saturated heterocycles. The minimum absolute atomic E-state index is 0.0581. The number of amides is 1. The predicted octanol–water partition coefficient (Wildman–Crippen LogP) is 3.91. The average molecular weight is 462 g/mol. The molecule has 0 saturated carbocycles. The lowest BCUT2D eigenvalue weighted by Gasteiger charge is -2.26. The lowest BCUT2D eigenvalue weighted by Crippen LogP contribution is -2.41. The van der Waals surface area contributed by atoms with Crippen molar-refractivity contribution in [3.8, 4) is 22.6 Å². The standard InChI is InChI=1S/C25H23N3O4S/c29-25(26-6-7-28-8-10-30-11-9-28)24-22(16-4-2-1-3-5-16)18-14-27-19-13-21-20(31-15-32-21)12-17(19)23(18)33-24/h1-5,12-14H,6-11,15H2,(H,26,29). The first kappa shape index (κ1) is 20.4. The van der Waals surface area contributed by atoms with Crippen molar-refractivity contribution < 1.29 is 19.0 Å². The third-order valence-electron chi connectivity index (χ3n) is 6.10. The van der Waals surface area contributed by atoms with E-state index >= 15 is 0 Å². The lowest BCUT2D eigenvalue weighted by atomic mass is 10.0. The Morgan fingerprint density at radius 1 is 1.06 bits per heavy atom. The number of rotatable bonds is 5.